The van der Waals surface area contributed by atoms with Gasteiger partial charge in [0, 0.05) is 50.0 Å². The highest BCUT2D eigenvalue weighted by Gasteiger charge is 2.47. The molecule has 2 aromatic rings. The van der Waals surface area contributed by atoms with Gasteiger partial charge in [-0.2, -0.15) is 0 Å². The zero-order chi connectivity index (χ0) is 23.7. The van der Waals surface area contributed by atoms with E-state index in [1.54, 1.807) is 31.0 Å². The topological polar surface area (TPSA) is 44.8 Å². The summed E-state index contributed by atoms with van der Waals surface area (Å²) in [6, 6.07) is 11.6. The molecule has 1 N–H and O–H groups in total. The first-order chi connectivity index (χ1) is 16.5. The van der Waals surface area contributed by atoms with Crippen molar-refractivity contribution in [3.63, 3.8) is 0 Å². The average molecular weight is 484 g/mol. The monoisotopic (exact) mass is 483 g/mol. The number of aryl methyl sites for hydroxylation is 1. The molecule has 2 atom stereocenters. The van der Waals surface area contributed by atoms with Gasteiger partial charge in [-0.3, -0.25) is 9.69 Å². The number of thioether (sulfide) groups is 1. The Morgan fingerprint density at radius 2 is 2.00 bits per heavy atom. The van der Waals surface area contributed by atoms with Crippen LogP contribution in [0, 0.1) is 5.82 Å². The van der Waals surface area contributed by atoms with Crippen LogP contribution in [0.3, 0.4) is 0 Å². The van der Waals surface area contributed by atoms with Crippen molar-refractivity contribution < 1.29 is 13.9 Å². The number of amides is 1. The minimum atomic E-state index is -0.706. The lowest BCUT2D eigenvalue weighted by Gasteiger charge is -2.42. The fourth-order valence-corrected chi connectivity index (χ4v) is 7.12. The summed E-state index contributed by atoms with van der Waals surface area (Å²) in [5.74, 6) is 1.46. The highest BCUT2D eigenvalue weighted by atomic mass is 32.2. The second-order valence-corrected chi connectivity index (χ2v) is 11.1. The number of carbonyl (C=O) groups excluding carboxylic acids is 1. The maximum Gasteiger partial charge on any atom is 0.245 e. The van der Waals surface area contributed by atoms with E-state index in [2.05, 4.69) is 40.2 Å². The van der Waals surface area contributed by atoms with Gasteiger partial charge < -0.3 is 15.0 Å². The molecule has 2 heterocycles. The van der Waals surface area contributed by atoms with E-state index in [4.69, 9.17) is 4.74 Å². The van der Waals surface area contributed by atoms with E-state index in [0.717, 1.165) is 61.9 Å². The number of piperazine rings is 1. The third-order valence-electron chi connectivity index (χ3n) is 7.69. The molecule has 0 radical (unpaired) electrons. The van der Waals surface area contributed by atoms with Crippen molar-refractivity contribution in [1.29, 1.82) is 0 Å². The Hall–Kier alpha value is -2.09. The molecule has 0 aromatic heterocycles. The second-order valence-electron chi connectivity index (χ2n) is 9.50. The molecule has 2 aliphatic heterocycles. The van der Waals surface area contributed by atoms with Gasteiger partial charge in [-0.1, -0.05) is 13.0 Å². The first-order valence-electron chi connectivity index (χ1n) is 12.4. The van der Waals surface area contributed by atoms with Crippen molar-refractivity contribution in [3.05, 3.63) is 58.9 Å². The molecule has 2 aromatic carbocycles. The van der Waals surface area contributed by atoms with Crippen molar-refractivity contribution >= 4 is 23.4 Å². The number of fused-ring (bicyclic) bond motifs is 2. The van der Waals surface area contributed by atoms with Gasteiger partial charge in [0.1, 0.15) is 16.3 Å². The second kappa shape index (κ2) is 9.88. The highest BCUT2D eigenvalue weighted by Crippen LogP contribution is 2.48. The number of nitrogens with zero attached hydrogens (tertiary/aromatic N) is 2. The van der Waals surface area contributed by atoms with Crippen molar-refractivity contribution in [1.82, 2.24) is 9.80 Å². The highest BCUT2D eigenvalue weighted by molar-refractivity contribution is 8.01. The summed E-state index contributed by atoms with van der Waals surface area (Å²) in [7, 11) is 1.74. The van der Waals surface area contributed by atoms with Crippen molar-refractivity contribution in [2.75, 3.05) is 50.9 Å². The van der Waals surface area contributed by atoms with E-state index < -0.39 is 4.75 Å². The molecule has 34 heavy (non-hydrogen) atoms. The summed E-state index contributed by atoms with van der Waals surface area (Å²) < 4.78 is 18.9. The van der Waals surface area contributed by atoms with Gasteiger partial charge in [0.15, 0.2) is 0 Å². The summed E-state index contributed by atoms with van der Waals surface area (Å²) in [6.07, 6.45) is 4.26. The van der Waals surface area contributed by atoms with E-state index in [1.165, 1.54) is 30.0 Å². The first-order valence-corrected chi connectivity index (χ1v) is 13.4. The van der Waals surface area contributed by atoms with Crippen molar-refractivity contribution in [2.45, 2.75) is 43.4 Å². The Morgan fingerprint density at radius 1 is 1.18 bits per heavy atom. The maximum absolute atomic E-state index is 14.1. The number of rotatable bonds is 7. The molecule has 1 saturated heterocycles. The molecule has 3 aliphatic rings. The molecule has 182 valence electrons. The Bertz CT molecular complexity index is 1060. The summed E-state index contributed by atoms with van der Waals surface area (Å²) in [6.45, 7) is 6.91. The molecule has 0 bridgehead atoms. The zero-order valence-electron chi connectivity index (χ0n) is 20.1. The molecule has 2 unspecified atom stereocenters. The summed E-state index contributed by atoms with van der Waals surface area (Å²) in [5, 5.41) is 2.99. The number of benzene rings is 2. The maximum atomic E-state index is 14.1. The Kier molecular flexibility index (Phi) is 6.87. The third kappa shape index (κ3) is 4.34. The number of ether oxygens (including phenoxy) is 1. The van der Waals surface area contributed by atoms with Crippen LogP contribution in [0.1, 0.15) is 48.9 Å². The van der Waals surface area contributed by atoms with E-state index in [1.807, 2.05) is 0 Å². The zero-order valence-corrected chi connectivity index (χ0v) is 20.9. The lowest BCUT2D eigenvalue weighted by Crippen LogP contribution is -2.49. The average Bonchev–Trinajstić information content (AvgIpc) is 3.13. The lowest BCUT2D eigenvalue weighted by molar-refractivity contribution is -0.118. The van der Waals surface area contributed by atoms with Gasteiger partial charge in [-0.25, -0.2) is 4.39 Å². The molecule has 5 nitrogen and oxygen atoms in total. The fraction of sp³-hybridized carbons (Fsp3) is 0.519. The number of anilines is 1. The van der Waals surface area contributed by atoms with Crippen LogP contribution in [0.15, 0.2) is 36.4 Å². The number of methoxy groups -OCH3 is 1. The van der Waals surface area contributed by atoms with Crippen LogP contribution in [0.2, 0.25) is 0 Å². The van der Waals surface area contributed by atoms with Gasteiger partial charge in [0.25, 0.3) is 0 Å². The van der Waals surface area contributed by atoms with Crippen LogP contribution in [0.5, 0.6) is 5.75 Å². The van der Waals surface area contributed by atoms with Gasteiger partial charge in [-0.05, 0) is 72.9 Å². The molecule has 1 fully saturated rings. The minimum Gasteiger partial charge on any atom is -0.497 e. The number of hydrogen-bond acceptors (Lipinski definition) is 5. The standard InChI is InChI=1S/C27H34FN3O2S/c1-3-34-27(23-17-20(28)8-10-24(23)29-26(27)32)11-12-30-13-15-31(16-14-30)25-6-4-5-19-7-9-21(33-2)18-22(19)25/h7-10,17-18,25H,3-6,11-16H2,1-2H3,(H,29,32). The molecule has 5 rings (SSSR count). The summed E-state index contributed by atoms with van der Waals surface area (Å²) >= 11 is 1.63. The smallest absolute Gasteiger partial charge is 0.245 e. The van der Waals surface area contributed by atoms with Crippen LogP contribution < -0.4 is 10.1 Å². The van der Waals surface area contributed by atoms with Crippen LogP contribution in [0.25, 0.3) is 0 Å². The molecular weight excluding hydrogens is 449 g/mol. The molecule has 0 saturated carbocycles. The Labute approximate surface area is 206 Å². The van der Waals surface area contributed by atoms with Gasteiger partial charge in [0.05, 0.1) is 7.11 Å². The van der Waals surface area contributed by atoms with Crippen LogP contribution >= 0.6 is 11.8 Å². The van der Waals surface area contributed by atoms with Gasteiger partial charge in [0.2, 0.25) is 5.91 Å². The Balaban J connectivity index is 1.25. The number of hydrogen-bond donors (Lipinski definition) is 1. The van der Waals surface area contributed by atoms with Gasteiger partial charge >= 0.3 is 0 Å². The normalized spacial score (nSPS) is 25.0. The molecular formula is C27H34FN3O2S. The first kappa shape index (κ1) is 23.6. The largest absolute Gasteiger partial charge is 0.497 e. The van der Waals surface area contributed by atoms with Crippen molar-refractivity contribution in [3.8, 4) is 5.75 Å². The SMILES string of the molecule is CCSC1(CCN2CCN(C3CCCc4ccc(OC)cc43)CC2)C(=O)Nc2ccc(F)cc21. The predicted octanol–water partition coefficient (Wildman–Crippen LogP) is 4.82. The molecule has 7 heteroatoms. The van der Waals surface area contributed by atoms with E-state index in [-0.39, 0.29) is 11.7 Å². The summed E-state index contributed by atoms with van der Waals surface area (Å²) in [5.41, 5.74) is 4.44. The quantitative estimate of drug-likeness (QED) is 0.612. The summed E-state index contributed by atoms with van der Waals surface area (Å²) in [4.78, 5) is 18.2. The van der Waals surface area contributed by atoms with Crippen LogP contribution in [-0.2, 0) is 16.0 Å². The predicted molar refractivity (Wildman–Crippen MR) is 136 cm³/mol. The van der Waals surface area contributed by atoms with Crippen molar-refractivity contribution in [2.24, 2.45) is 0 Å². The molecule has 1 amide bonds. The Morgan fingerprint density at radius 3 is 2.76 bits per heavy atom. The number of carbonyl (C=O) groups is 1. The minimum absolute atomic E-state index is 0.00801. The third-order valence-corrected chi connectivity index (χ3v) is 9.08. The van der Waals surface area contributed by atoms with Crippen LogP contribution in [-0.4, -0.2) is 61.3 Å². The van der Waals surface area contributed by atoms with E-state index in [9.17, 15) is 9.18 Å². The fourth-order valence-electron chi connectivity index (χ4n) is 5.89. The number of halogens is 1. The van der Waals surface area contributed by atoms with E-state index in [0.29, 0.717) is 12.5 Å². The number of nitrogens with one attached hydrogen (secondary N) is 1. The molecule has 0 spiro atoms. The van der Waals surface area contributed by atoms with E-state index >= 15 is 0 Å². The van der Waals surface area contributed by atoms with Gasteiger partial charge in [-0.15, -0.1) is 11.8 Å². The lowest BCUT2D eigenvalue weighted by atomic mass is 9.86. The van der Waals surface area contributed by atoms with Crippen LogP contribution in [0.4, 0.5) is 10.1 Å². The molecule has 1 aliphatic carbocycles.